The summed E-state index contributed by atoms with van der Waals surface area (Å²) < 4.78 is 45.3. The molecule has 4 heterocycles. The molecule has 4 amide bonds. The highest BCUT2D eigenvalue weighted by Crippen LogP contribution is 2.35. The van der Waals surface area contributed by atoms with Crippen LogP contribution in [0.15, 0.2) is 12.2 Å². The number of rotatable bonds is 17. The van der Waals surface area contributed by atoms with E-state index in [9.17, 15) is 74.7 Å². The quantitative estimate of drug-likeness (QED) is 0.0476. The number of carbonyl (C=O) groups excluding carboxylic acids is 4. The van der Waals surface area contributed by atoms with Crippen LogP contribution >= 0.6 is 0 Å². The number of carboxylic acids is 2. The van der Waals surface area contributed by atoms with Crippen LogP contribution in [0.3, 0.4) is 0 Å². The highest BCUT2D eigenvalue weighted by Gasteiger charge is 2.57. The lowest BCUT2D eigenvalue weighted by molar-refractivity contribution is -0.365. The Morgan fingerprint density at radius 1 is 0.594 bits per heavy atom. The van der Waals surface area contributed by atoms with Gasteiger partial charge in [0.25, 0.3) is 0 Å². The number of carbonyl (C=O) groups is 6. The molecule has 4 rings (SSSR count). The minimum atomic E-state index is -2.29. The smallest absolute Gasteiger partial charge is 0.407 e. The highest BCUT2D eigenvalue weighted by atomic mass is 16.8. The first-order valence-corrected chi connectivity index (χ1v) is 20.1. The van der Waals surface area contributed by atoms with E-state index >= 15 is 0 Å². The van der Waals surface area contributed by atoms with Gasteiger partial charge in [-0.1, -0.05) is 13.5 Å². The van der Waals surface area contributed by atoms with Crippen molar-refractivity contribution >= 4 is 35.8 Å². The number of nitrogens with one attached hydrogen (secondary N) is 4. The zero-order valence-corrected chi connectivity index (χ0v) is 35.3. The zero-order valence-electron chi connectivity index (χ0n) is 35.3. The van der Waals surface area contributed by atoms with Crippen LogP contribution in [-0.2, 0) is 61.9 Å². The molecule has 4 aliphatic heterocycles. The van der Waals surface area contributed by atoms with E-state index in [4.69, 9.17) is 37.9 Å². The van der Waals surface area contributed by atoms with Crippen molar-refractivity contribution in [2.45, 2.75) is 151 Å². The number of amides is 4. The van der Waals surface area contributed by atoms with Crippen molar-refractivity contribution in [2.24, 2.45) is 5.92 Å². The summed E-state index contributed by atoms with van der Waals surface area (Å²) in [5, 5.41) is 107. The van der Waals surface area contributed by atoms with Crippen molar-refractivity contribution in [3.05, 3.63) is 12.2 Å². The molecule has 4 aliphatic rings. The second-order valence-electron chi connectivity index (χ2n) is 15.8. The van der Waals surface area contributed by atoms with Gasteiger partial charge in [0, 0.05) is 38.4 Å². The van der Waals surface area contributed by atoms with Crippen molar-refractivity contribution < 1.29 is 113 Å². The Hall–Kier alpha value is -4.20. The molecule has 0 radical (unpaired) electrons. The van der Waals surface area contributed by atoms with Gasteiger partial charge in [-0.2, -0.15) is 0 Å². The predicted octanol–water partition coefficient (Wildman–Crippen LogP) is -6.51. The van der Waals surface area contributed by atoms with Crippen molar-refractivity contribution in [1.29, 1.82) is 0 Å². The van der Waals surface area contributed by atoms with Gasteiger partial charge in [0.2, 0.25) is 17.7 Å². The van der Waals surface area contributed by atoms with E-state index in [0.717, 1.165) is 13.8 Å². The molecular weight excluding hydrogens is 868 g/mol. The molecule has 4 fully saturated rings. The summed E-state index contributed by atoms with van der Waals surface area (Å²) in [4.78, 5) is 73.8. The molecule has 8 unspecified atom stereocenters. The van der Waals surface area contributed by atoms with E-state index in [1.165, 1.54) is 20.8 Å². The van der Waals surface area contributed by atoms with Crippen LogP contribution in [0.4, 0.5) is 4.79 Å². The lowest BCUT2D eigenvalue weighted by atomic mass is 9.90. The summed E-state index contributed by atoms with van der Waals surface area (Å²) in [6.45, 7) is 8.02. The standard InChI is InChI=1S/C37H58N4O23/c1-11(2)31(51)38-7-8-39-37(56)57-10-17-22(47)28(62-35-24(49)20(45)12(3)26(60-35)32(52)53)19(41-15(6)44)34(59-17)63-29-23(48)25(50)36(64-30(29)33(54)55)61-27-18(40-14(5)43)13(4)58-16(9-42)21(27)46/h12-13,16-30,34-36,42,45-50H,1,7-10H2,2-6H3,(H,38,51)(H,39,56)(H,40,43)(H,41,44)(H,52,53)(H,54,55)/t12-,13-,16?,17?,18?,19?,20-,21+,22+,23+,24?,25?,26?,27+,28+,29-,30?,34-,35-,36+/m0/s1. The maximum Gasteiger partial charge on any atom is 0.407 e. The summed E-state index contributed by atoms with van der Waals surface area (Å²) in [5.74, 6) is -6.56. The van der Waals surface area contributed by atoms with Crippen molar-refractivity contribution in [2.75, 3.05) is 26.3 Å². The molecule has 13 N–H and O–H groups in total. The average Bonchev–Trinajstić information content (AvgIpc) is 3.22. The second kappa shape index (κ2) is 22.8. The maximum atomic E-state index is 12.8. The van der Waals surface area contributed by atoms with E-state index in [1.54, 1.807) is 0 Å². The number of aliphatic carboxylic acids is 2. The molecule has 0 spiro atoms. The number of hydrogen-bond donors (Lipinski definition) is 13. The third-order valence-electron chi connectivity index (χ3n) is 10.8. The number of aliphatic hydroxyl groups excluding tert-OH is 7. The van der Waals surface area contributed by atoms with Gasteiger partial charge in [-0.25, -0.2) is 14.4 Å². The summed E-state index contributed by atoms with van der Waals surface area (Å²) >= 11 is 0. The number of aliphatic hydroxyl groups is 7. The molecule has 0 aromatic carbocycles. The van der Waals surface area contributed by atoms with Crippen LogP contribution in [0.25, 0.3) is 0 Å². The molecular formula is C37H58N4O23. The van der Waals surface area contributed by atoms with E-state index in [0.29, 0.717) is 0 Å². The van der Waals surface area contributed by atoms with E-state index < -0.39 is 171 Å². The molecule has 0 aliphatic carbocycles. The highest BCUT2D eigenvalue weighted by molar-refractivity contribution is 5.92. The van der Waals surface area contributed by atoms with Crippen LogP contribution < -0.4 is 21.3 Å². The SMILES string of the molecule is C=C(C)C(=O)NCCNC(=O)OCC1O[C@@H](O[C@@H]2C(C(=O)O)O[C@@H](O[C@@H]3C(NC(C)=O)[C@H](C)OC(CO)[C@H]3O)C(O)[C@H]2O)C(NC(C)=O)[C@@H](O[C@@H]2OC(C(=O)O)[C@@H](C)[C@H](O)C2O)[C@@H]1O. The number of alkyl carbamates (subject to hydrolysis) is 1. The molecule has 0 aromatic rings. The topological polar surface area (TPSA) is 406 Å². The minimum absolute atomic E-state index is 0.0544. The second-order valence-corrected chi connectivity index (χ2v) is 15.8. The Kier molecular flexibility index (Phi) is 18.7. The first kappa shape index (κ1) is 52.4. The fraction of sp³-hybridized carbons (Fsp3) is 0.784. The predicted molar refractivity (Wildman–Crippen MR) is 205 cm³/mol. The lowest BCUT2D eigenvalue weighted by Gasteiger charge is -2.50. The van der Waals surface area contributed by atoms with Gasteiger partial charge in [-0.05, 0) is 13.8 Å². The third-order valence-corrected chi connectivity index (χ3v) is 10.8. The maximum absolute atomic E-state index is 12.8. The van der Waals surface area contributed by atoms with Crippen LogP contribution in [0.5, 0.6) is 0 Å². The Labute approximate surface area is 364 Å². The molecule has 4 saturated heterocycles. The first-order chi connectivity index (χ1) is 30.0. The van der Waals surface area contributed by atoms with Crippen molar-refractivity contribution in [1.82, 2.24) is 21.3 Å². The Morgan fingerprint density at radius 2 is 1.09 bits per heavy atom. The number of hydrogen-bond acceptors (Lipinski definition) is 21. The summed E-state index contributed by atoms with van der Waals surface area (Å²) in [6, 6.07) is -2.98. The van der Waals surface area contributed by atoms with Crippen LogP contribution in [0, 0.1) is 5.92 Å². The lowest BCUT2D eigenvalue weighted by Crippen LogP contribution is -2.70. The Morgan fingerprint density at radius 3 is 1.64 bits per heavy atom. The van der Waals surface area contributed by atoms with Crippen molar-refractivity contribution in [3.8, 4) is 0 Å². The van der Waals surface area contributed by atoms with Gasteiger partial charge < -0.3 is 105 Å². The normalized spacial score (nSPS) is 40.0. The average molecular weight is 927 g/mol. The van der Waals surface area contributed by atoms with Gasteiger partial charge in [0.1, 0.15) is 73.7 Å². The Bertz CT molecular complexity index is 1680. The summed E-state index contributed by atoms with van der Waals surface area (Å²) in [5.41, 5.74) is 0.202. The Balaban J connectivity index is 1.65. The third kappa shape index (κ3) is 12.6. The number of ether oxygens (including phenoxy) is 8. The van der Waals surface area contributed by atoms with Gasteiger partial charge >= 0.3 is 18.0 Å². The van der Waals surface area contributed by atoms with E-state index in [2.05, 4.69) is 27.8 Å². The molecule has 27 heteroatoms. The first-order valence-electron chi connectivity index (χ1n) is 20.1. The van der Waals surface area contributed by atoms with E-state index in [-0.39, 0.29) is 18.7 Å². The molecule has 364 valence electrons. The van der Waals surface area contributed by atoms with Gasteiger partial charge in [-0.3, -0.25) is 14.4 Å². The van der Waals surface area contributed by atoms with Gasteiger partial charge in [-0.15, -0.1) is 0 Å². The monoisotopic (exact) mass is 926 g/mol. The number of carboxylic acid groups (broad SMARTS) is 2. The molecule has 0 aromatic heterocycles. The summed E-state index contributed by atoms with van der Waals surface area (Å²) in [7, 11) is 0. The van der Waals surface area contributed by atoms with Crippen LogP contribution in [-0.4, -0.2) is 224 Å². The zero-order chi connectivity index (χ0) is 47.9. The fourth-order valence-electron chi connectivity index (χ4n) is 7.46. The molecule has 0 saturated carbocycles. The minimum Gasteiger partial charge on any atom is -0.479 e. The fourth-order valence-corrected chi connectivity index (χ4v) is 7.46. The largest absolute Gasteiger partial charge is 0.479 e. The van der Waals surface area contributed by atoms with Gasteiger partial charge in [0.15, 0.2) is 31.1 Å². The molecule has 27 nitrogen and oxygen atoms in total. The molecule has 20 atom stereocenters. The summed E-state index contributed by atoms with van der Waals surface area (Å²) in [6.07, 6.45) is -33.0. The molecule has 64 heavy (non-hydrogen) atoms. The van der Waals surface area contributed by atoms with Crippen molar-refractivity contribution in [3.63, 3.8) is 0 Å². The van der Waals surface area contributed by atoms with E-state index in [1.807, 2.05) is 0 Å². The van der Waals surface area contributed by atoms with Crippen LogP contribution in [0.2, 0.25) is 0 Å². The molecule has 0 bridgehead atoms. The van der Waals surface area contributed by atoms with Crippen LogP contribution in [0.1, 0.15) is 34.6 Å². The van der Waals surface area contributed by atoms with Gasteiger partial charge in [0.05, 0.1) is 24.9 Å².